The minimum Gasteiger partial charge on any atom is -0.479 e. The molecule has 3 aromatic rings. The summed E-state index contributed by atoms with van der Waals surface area (Å²) < 4.78 is 26.3. The number of benzene rings is 2. The Morgan fingerprint density at radius 1 is 0.936 bits per heavy atom. The van der Waals surface area contributed by atoms with E-state index in [2.05, 4.69) is 10.00 Å². The maximum atomic E-state index is 13.6. The van der Waals surface area contributed by atoms with Gasteiger partial charge >= 0.3 is 11.9 Å². The second-order valence-corrected chi connectivity index (χ2v) is 11.5. The zero-order chi connectivity index (χ0) is 33.8. The van der Waals surface area contributed by atoms with Gasteiger partial charge in [-0.3, -0.25) is 4.79 Å². The number of nitrogens with zero attached hydrogens (tertiary/aromatic N) is 4. The van der Waals surface area contributed by atoms with Gasteiger partial charge in [-0.1, -0.05) is 24.3 Å². The molecule has 3 atom stereocenters. The largest absolute Gasteiger partial charge is 0.479 e. The molecule has 2 aliphatic rings. The van der Waals surface area contributed by atoms with Gasteiger partial charge in [-0.2, -0.15) is 5.10 Å². The van der Waals surface area contributed by atoms with Crippen molar-refractivity contribution in [3.63, 3.8) is 0 Å². The van der Waals surface area contributed by atoms with Gasteiger partial charge in [0.1, 0.15) is 12.6 Å². The molecule has 14 heteroatoms. The van der Waals surface area contributed by atoms with Crippen molar-refractivity contribution in [2.24, 2.45) is 0 Å². The Balaban J connectivity index is 0.000000434. The van der Waals surface area contributed by atoms with Crippen molar-refractivity contribution in [3.05, 3.63) is 83.9 Å². The molecule has 0 aliphatic carbocycles. The molecule has 2 saturated heterocycles. The topological polar surface area (TPSA) is 175 Å². The van der Waals surface area contributed by atoms with E-state index in [9.17, 15) is 18.8 Å². The second-order valence-electron chi connectivity index (χ2n) is 11.5. The molecule has 254 valence electrons. The molecule has 2 aliphatic heterocycles. The van der Waals surface area contributed by atoms with Gasteiger partial charge in [0.2, 0.25) is 5.91 Å². The van der Waals surface area contributed by atoms with E-state index < -0.39 is 24.1 Å². The predicted octanol–water partition coefficient (Wildman–Crippen LogP) is 2.08. The number of hydrogen-bond acceptors (Lipinski definition) is 9. The molecular weight excluding hydrogens is 615 g/mol. The lowest BCUT2D eigenvalue weighted by Gasteiger charge is -2.39. The van der Waals surface area contributed by atoms with Crippen molar-refractivity contribution in [1.29, 1.82) is 0 Å². The highest BCUT2D eigenvalue weighted by Gasteiger charge is 2.30. The fourth-order valence-corrected chi connectivity index (χ4v) is 5.45. The van der Waals surface area contributed by atoms with Crippen LogP contribution in [0.15, 0.2) is 67.0 Å². The minimum absolute atomic E-state index is 0.102. The zero-order valence-corrected chi connectivity index (χ0v) is 25.9. The number of ether oxygens (including phenoxy) is 2. The fourth-order valence-electron chi connectivity index (χ4n) is 5.45. The number of aliphatic carboxylic acids is 2. The molecule has 2 aromatic carbocycles. The summed E-state index contributed by atoms with van der Waals surface area (Å²) in [7, 11) is 0. The minimum atomic E-state index is -2.27. The lowest BCUT2D eigenvalue weighted by Crippen LogP contribution is -2.48. The molecule has 0 spiro atoms. The van der Waals surface area contributed by atoms with Crippen LogP contribution < -0.4 is 0 Å². The number of aliphatic hydroxyl groups is 2. The van der Waals surface area contributed by atoms with Gasteiger partial charge in [-0.25, -0.2) is 18.7 Å². The summed E-state index contributed by atoms with van der Waals surface area (Å²) in [5, 5.41) is 36.8. The lowest BCUT2D eigenvalue weighted by atomic mass is 10.00. The predicted molar refractivity (Wildman–Crippen MR) is 166 cm³/mol. The third-order valence-corrected chi connectivity index (χ3v) is 8.19. The SMILES string of the molecule is O=C(Cc1ccc(-n2cccn2)cc1)N(Cc1ccc(F)cc1)C1CCN(CCC2CCOCO2)CC1.O=C(O)C(O)C(O)C(=O)O. The summed E-state index contributed by atoms with van der Waals surface area (Å²) in [4.78, 5) is 37.6. The highest BCUT2D eigenvalue weighted by molar-refractivity contribution is 5.83. The molecule has 5 rings (SSSR count). The van der Waals surface area contributed by atoms with Crippen LogP contribution in [0.1, 0.15) is 36.8 Å². The van der Waals surface area contributed by atoms with E-state index in [1.54, 1.807) is 23.0 Å². The van der Waals surface area contributed by atoms with Gasteiger partial charge in [-0.05, 0) is 67.1 Å². The quantitative estimate of drug-likeness (QED) is 0.225. The van der Waals surface area contributed by atoms with E-state index in [-0.39, 0.29) is 23.9 Å². The maximum absolute atomic E-state index is 13.6. The van der Waals surface area contributed by atoms with Gasteiger partial charge in [0.05, 0.1) is 24.8 Å². The first-order chi connectivity index (χ1) is 22.6. The smallest absolute Gasteiger partial charge is 0.335 e. The standard InChI is InChI=1S/C29H35FN4O3.C4H6O6/c30-25-6-2-24(3-7-25)21-33(26-10-16-32(17-11-26)18-12-28-13-19-36-22-37-28)29(35)20-23-4-8-27(9-5-23)34-15-1-14-31-34;5-1(3(7)8)2(6)4(9)10/h1-9,14-15,26,28H,10-13,16-22H2;1-2,5-6H,(H,7,8)(H,9,10). The molecule has 1 aromatic heterocycles. The average molecular weight is 657 g/mol. The Morgan fingerprint density at radius 3 is 2.13 bits per heavy atom. The van der Waals surface area contributed by atoms with Crippen molar-refractivity contribution in [3.8, 4) is 5.69 Å². The molecule has 0 saturated carbocycles. The van der Waals surface area contributed by atoms with E-state index >= 15 is 0 Å². The van der Waals surface area contributed by atoms with Crippen LogP contribution in [-0.2, 0) is 36.8 Å². The fraction of sp³-hybridized carbons (Fsp3) is 0.455. The molecule has 2 fully saturated rings. The number of halogens is 1. The monoisotopic (exact) mass is 656 g/mol. The van der Waals surface area contributed by atoms with Crippen molar-refractivity contribution in [2.75, 3.05) is 33.0 Å². The first-order valence-corrected chi connectivity index (χ1v) is 15.5. The van der Waals surface area contributed by atoms with Crippen LogP contribution in [0.3, 0.4) is 0 Å². The third-order valence-electron chi connectivity index (χ3n) is 8.19. The normalized spacial score (nSPS) is 18.4. The molecule has 3 unspecified atom stereocenters. The Labute approximate surface area is 271 Å². The maximum Gasteiger partial charge on any atom is 0.335 e. The number of piperidine rings is 1. The summed E-state index contributed by atoms with van der Waals surface area (Å²) in [6.07, 6.45) is 3.56. The number of aliphatic hydroxyl groups excluding tert-OH is 2. The number of hydrogen-bond donors (Lipinski definition) is 4. The molecule has 47 heavy (non-hydrogen) atoms. The third kappa shape index (κ3) is 10.9. The summed E-state index contributed by atoms with van der Waals surface area (Å²) in [5.74, 6) is -3.70. The average Bonchev–Trinajstić information content (AvgIpc) is 3.63. The molecule has 1 amide bonds. The van der Waals surface area contributed by atoms with Gasteiger partial charge in [-0.15, -0.1) is 0 Å². The number of carboxylic acid groups (broad SMARTS) is 2. The summed E-state index contributed by atoms with van der Waals surface area (Å²) in [6, 6.07) is 16.5. The Kier molecular flexibility index (Phi) is 13.4. The van der Waals surface area contributed by atoms with Crippen LogP contribution in [0, 0.1) is 5.82 Å². The Hall–Kier alpha value is -4.21. The van der Waals surface area contributed by atoms with Gasteiger partial charge in [0.25, 0.3) is 0 Å². The van der Waals surface area contributed by atoms with E-state index in [4.69, 9.17) is 29.9 Å². The van der Waals surface area contributed by atoms with Crippen LogP contribution in [0.5, 0.6) is 0 Å². The Bertz CT molecular complexity index is 1390. The van der Waals surface area contributed by atoms with Crippen LogP contribution in [0.4, 0.5) is 4.39 Å². The number of likely N-dealkylation sites (tertiary alicyclic amines) is 1. The number of aromatic nitrogens is 2. The van der Waals surface area contributed by atoms with Crippen LogP contribution in [-0.4, -0.2) is 115 Å². The molecule has 0 bridgehead atoms. The highest BCUT2D eigenvalue weighted by Crippen LogP contribution is 2.22. The molecule has 4 N–H and O–H groups in total. The number of carbonyl (C=O) groups excluding carboxylic acids is 1. The van der Waals surface area contributed by atoms with E-state index in [0.29, 0.717) is 19.8 Å². The van der Waals surface area contributed by atoms with Crippen molar-refractivity contribution in [2.45, 2.75) is 63.0 Å². The van der Waals surface area contributed by atoms with Crippen LogP contribution in [0.2, 0.25) is 0 Å². The van der Waals surface area contributed by atoms with E-state index in [1.807, 2.05) is 41.4 Å². The molecular formula is C33H41FN4O9. The molecule has 3 heterocycles. The first kappa shape index (κ1) is 35.6. The Morgan fingerprint density at radius 2 is 1.57 bits per heavy atom. The number of amides is 1. The summed E-state index contributed by atoms with van der Waals surface area (Å²) in [6.45, 7) is 4.59. The van der Waals surface area contributed by atoms with Crippen LogP contribution >= 0.6 is 0 Å². The van der Waals surface area contributed by atoms with Gasteiger partial charge in [0, 0.05) is 44.6 Å². The van der Waals surface area contributed by atoms with Gasteiger partial charge in [0.15, 0.2) is 12.2 Å². The van der Waals surface area contributed by atoms with Crippen LogP contribution in [0.25, 0.3) is 5.69 Å². The van der Waals surface area contributed by atoms with Crippen molar-refractivity contribution in [1.82, 2.24) is 19.6 Å². The number of rotatable bonds is 12. The molecule has 13 nitrogen and oxygen atoms in total. The lowest BCUT2D eigenvalue weighted by molar-refractivity contribution is -0.165. The van der Waals surface area contributed by atoms with E-state index in [0.717, 1.165) is 68.7 Å². The van der Waals surface area contributed by atoms with Gasteiger partial charge < -0.3 is 39.7 Å². The number of carbonyl (C=O) groups is 3. The summed E-state index contributed by atoms with van der Waals surface area (Å²) in [5.41, 5.74) is 2.88. The second kappa shape index (κ2) is 17.6. The van der Waals surface area contributed by atoms with Crippen molar-refractivity contribution >= 4 is 17.8 Å². The highest BCUT2D eigenvalue weighted by atomic mass is 19.1. The number of carboxylic acids is 2. The van der Waals surface area contributed by atoms with E-state index in [1.165, 1.54) is 12.1 Å². The zero-order valence-electron chi connectivity index (χ0n) is 25.9. The summed E-state index contributed by atoms with van der Waals surface area (Å²) >= 11 is 0. The first-order valence-electron chi connectivity index (χ1n) is 15.5. The van der Waals surface area contributed by atoms with Crippen molar-refractivity contribution < 1.29 is 48.7 Å². The molecule has 0 radical (unpaired) electrons.